The molecule has 0 amide bonds. The molecule has 1 aliphatic carbocycles. The van der Waals surface area contributed by atoms with E-state index < -0.39 is 0 Å². The summed E-state index contributed by atoms with van der Waals surface area (Å²) in [5.41, 5.74) is 11.2. The zero-order valence-electron chi connectivity index (χ0n) is 6.53. The first-order valence-corrected chi connectivity index (χ1v) is 4.24. The largest absolute Gasteiger partial charge is 0.385 e. The van der Waals surface area contributed by atoms with Crippen molar-refractivity contribution in [2.75, 3.05) is 11.5 Å². The first-order valence-electron chi connectivity index (χ1n) is 3.83. The molecule has 64 valence electrons. The Morgan fingerprint density at radius 3 is 2.67 bits per heavy atom. The predicted octanol–water partition coefficient (Wildman–Crippen LogP) is 1.11. The van der Waals surface area contributed by atoms with Gasteiger partial charge < -0.3 is 16.0 Å². The quantitative estimate of drug-likeness (QED) is 0.638. The van der Waals surface area contributed by atoms with Crippen LogP contribution in [-0.2, 0) is 0 Å². The number of nitrogen functional groups attached to an aromatic ring is 2. The normalized spacial score (nSPS) is 16.3. The highest BCUT2D eigenvalue weighted by molar-refractivity contribution is 7.71. The lowest BCUT2D eigenvalue weighted by atomic mass is 10.5. The summed E-state index contributed by atoms with van der Waals surface area (Å²) in [5, 5.41) is 0. The van der Waals surface area contributed by atoms with Crippen LogP contribution in [0.3, 0.4) is 0 Å². The number of nitrogens with zero attached hydrogens (tertiary/aromatic N) is 2. The molecule has 0 aromatic carbocycles. The summed E-state index contributed by atoms with van der Waals surface area (Å²) >= 11 is 5.04. The third kappa shape index (κ3) is 1.16. The Hall–Kier alpha value is -1.10. The van der Waals surface area contributed by atoms with Gasteiger partial charge in [-0.3, -0.25) is 0 Å². The van der Waals surface area contributed by atoms with E-state index in [4.69, 9.17) is 23.7 Å². The van der Waals surface area contributed by atoms with Gasteiger partial charge in [-0.15, -0.1) is 0 Å². The minimum atomic E-state index is 0.398. The van der Waals surface area contributed by atoms with Crippen LogP contribution in [0.15, 0.2) is 6.07 Å². The van der Waals surface area contributed by atoms with Crippen LogP contribution in [0.1, 0.15) is 18.9 Å². The summed E-state index contributed by atoms with van der Waals surface area (Å²) in [7, 11) is 0. The van der Waals surface area contributed by atoms with E-state index in [0.717, 1.165) is 12.8 Å². The second kappa shape index (κ2) is 2.45. The Morgan fingerprint density at radius 2 is 2.17 bits per heavy atom. The monoisotopic (exact) mass is 182 g/mol. The third-order valence-corrected chi connectivity index (χ3v) is 2.20. The maximum Gasteiger partial charge on any atom is 0.203 e. The van der Waals surface area contributed by atoms with Crippen molar-refractivity contribution in [1.29, 1.82) is 0 Å². The van der Waals surface area contributed by atoms with Gasteiger partial charge in [-0.05, 0) is 25.1 Å². The van der Waals surface area contributed by atoms with E-state index in [1.54, 1.807) is 6.07 Å². The van der Waals surface area contributed by atoms with E-state index in [0.29, 0.717) is 22.4 Å². The molecule has 1 heterocycles. The second-order valence-electron chi connectivity index (χ2n) is 2.99. The molecule has 2 rings (SSSR count). The van der Waals surface area contributed by atoms with Crippen LogP contribution in [0, 0.1) is 4.77 Å². The molecule has 0 unspecified atom stereocenters. The topological polar surface area (TPSA) is 69.9 Å². The molecule has 0 radical (unpaired) electrons. The van der Waals surface area contributed by atoms with Crippen LogP contribution < -0.4 is 11.5 Å². The summed E-state index contributed by atoms with van der Waals surface area (Å²) in [4.78, 5) is 3.97. The van der Waals surface area contributed by atoms with Crippen molar-refractivity contribution >= 4 is 23.9 Å². The standard InChI is InChI=1S/C7H10N4S/c8-5-3-6(9)11(4-1-2-4)7(12)10-5/h3-4H,1-2,9H2,(H2,8,10,12). The van der Waals surface area contributed by atoms with E-state index in [-0.39, 0.29) is 0 Å². The van der Waals surface area contributed by atoms with Gasteiger partial charge in [0.15, 0.2) is 0 Å². The highest BCUT2D eigenvalue weighted by atomic mass is 32.1. The zero-order valence-corrected chi connectivity index (χ0v) is 7.34. The molecule has 4 nitrogen and oxygen atoms in total. The fourth-order valence-corrected chi connectivity index (χ4v) is 1.59. The van der Waals surface area contributed by atoms with Crippen LogP contribution in [0.2, 0.25) is 0 Å². The number of rotatable bonds is 1. The number of aromatic nitrogens is 2. The fourth-order valence-electron chi connectivity index (χ4n) is 1.23. The summed E-state index contributed by atoms with van der Waals surface area (Å²) in [6, 6.07) is 2.11. The Balaban J connectivity index is 2.59. The van der Waals surface area contributed by atoms with Crippen molar-refractivity contribution in [2.45, 2.75) is 18.9 Å². The molecule has 0 saturated heterocycles. The average molecular weight is 182 g/mol. The van der Waals surface area contributed by atoms with Gasteiger partial charge in [0.2, 0.25) is 4.77 Å². The molecule has 12 heavy (non-hydrogen) atoms. The number of nitrogens with two attached hydrogens (primary N) is 2. The van der Waals surface area contributed by atoms with Crippen LogP contribution in [0.5, 0.6) is 0 Å². The highest BCUT2D eigenvalue weighted by Crippen LogP contribution is 2.36. The van der Waals surface area contributed by atoms with Gasteiger partial charge in [-0.1, -0.05) is 0 Å². The third-order valence-electron chi connectivity index (χ3n) is 1.92. The number of hydrogen-bond acceptors (Lipinski definition) is 4. The van der Waals surface area contributed by atoms with E-state index in [9.17, 15) is 0 Å². The molecule has 0 aliphatic heterocycles. The summed E-state index contributed by atoms with van der Waals surface area (Å²) in [6.45, 7) is 0. The summed E-state index contributed by atoms with van der Waals surface area (Å²) in [6.07, 6.45) is 2.29. The molecular weight excluding hydrogens is 172 g/mol. The molecule has 1 fully saturated rings. The smallest absolute Gasteiger partial charge is 0.203 e. The molecule has 1 saturated carbocycles. The van der Waals surface area contributed by atoms with E-state index in [2.05, 4.69) is 4.98 Å². The highest BCUT2D eigenvalue weighted by Gasteiger charge is 2.25. The van der Waals surface area contributed by atoms with E-state index in [1.165, 1.54) is 0 Å². The lowest BCUT2D eigenvalue weighted by Crippen LogP contribution is -2.08. The molecule has 5 heteroatoms. The molecule has 1 aromatic rings. The minimum Gasteiger partial charge on any atom is -0.385 e. The Morgan fingerprint density at radius 1 is 1.50 bits per heavy atom. The molecule has 0 bridgehead atoms. The zero-order chi connectivity index (χ0) is 8.72. The van der Waals surface area contributed by atoms with Crippen molar-refractivity contribution in [3.05, 3.63) is 10.8 Å². The first kappa shape index (κ1) is 7.54. The van der Waals surface area contributed by atoms with Gasteiger partial charge in [0.05, 0.1) is 0 Å². The van der Waals surface area contributed by atoms with E-state index >= 15 is 0 Å². The SMILES string of the molecule is Nc1cc(N)n(C2CC2)c(=S)n1. The number of hydrogen-bond donors (Lipinski definition) is 2. The maximum absolute atomic E-state index is 5.74. The number of anilines is 2. The fraction of sp³-hybridized carbons (Fsp3) is 0.429. The van der Waals surface area contributed by atoms with Crippen molar-refractivity contribution in [3.8, 4) is 0 Å². The Bertz CT molecular complexity index is 366. The molecule has 0 spiro atoms. The summed E-state index contributed by atoms with van der Waals surface area (Å²) < 4.78 is 2.36. The lowest BCUT2D eigenvalue weighted by Gasteiger charge is -2.08. The van der Waals surface area contributed by atoms with Crippen molar-refractivity contribution < 1.29 is 0 Å². The van der Waals surface area contributed by atoms with Crippen molar-refractivity contribution in [3.63, 3.8) is 0 Å². The van der Waals surface area contributed by atoms with Crippen molar-refractivity contribution in [2.24, 2.45) is 0 Å². The molecule has 1 aliphatic rings. The van der Waals surface area contributed by atoms with Gasteiger partial charge in [0, 0.05) is 12.1 Å². The Kier molecular flexibility index (Phi) is 1.54. The average Bonchev–Trinajstić information content (AvgIpc) is 2.68. The first-order chi connectivity index (χ1) is 5.68. The van der Waals surface area contributed by atoms with Gasteiger partial charge >= 0.3 is 0 Å². The molecular formula is C7H10N4S. The van der Waals surface area contributed by atoms with Crippen LogP contribution in [-0.4, -0.2) is 9.55 Å². The molecule has 4 N–H and O–H groups in total. The Labute approximate surface area is 75.2 Å². The van der Waals surface area contributed by atoms with Crippen LogP contribution >= 0.6 is 12.2 Å². The maximum atomic E-state index is 5.74. The predicted molar refractivity (Wildman–Crippen MR) is 50.2 cm³/mol. The minimum absolute atomic E-state index is 0.398. The van der Waals surface area contributed by atoms with Gasteiger partial charge in [0.25, 0.3) is 0 Å². The van der Waals surface area contributed by atoms with Gasteiger partial charge in [-0.25, -0.2) is 4.98 Å². The summed E-state index contributed by atoms with van der Waals surface area (Å²) in [5.74, 6) is 1.02. The molecule has 0 atom stereocenters. The van der Waals surface area contributed by atoms with Crippen LogP contribution in [0.4, 0.5) is 11.6 Å². The molecule has 1 aromatic heterocycles. The van der Waals surface area contributed by atoms with Gasteiger partial charge in [0.1, 0.15) is 11.6 Å². The van der Waals surface area contributed by atoms with Crippen molar-refractivity contribution in [1.82, 2.24) is 9.55 Å². The lowest BCUT2D eigenvalue weighted by molar-refractivity contribution is 0.715. The van der Waals surface area contributed by atoms with E-state index in [1.807, 2.05) is 4.57 Å². The van der Waals surface area contributed by atoms with Gasteiger partial charge in [-0.2, -0.15) is 0 Å². The second-order valence-corrected chi connectivity index (χ2v) is 3.35. The van der Waals surface area contributed by atoms with Crippen LogP contribution in [0.25, 0.3) is 0 Å².